The second-order valence-corrected chi connectivity index (χ2v) is 6.56. The molecule has 1 N–H and O–H groups in total. The zero-order valence-electron chi connectivity index (χ0n) is 17.6. The molecule has 0 saturated heterocycles. The van der Waals surface area contributed by atoms with Crippen molar-refractivity contribution in [2.75, 3.05) is 14.2 Å². The minimum absolute atomic E-state index is 0.0538. The second-order valence-electron chi connectivity index (χ2n) is 6.56. The summed E-state index contributed by atoms with van der Waals surface area (Å²) >= 11 is 0. The molecular formula is C21H20F5N3O3. The Morgan fingerprint density at radius 2 is 1.84 bits per heavy atom. The molecular weight excluding hydrogens is 437 g/mol. The third-order valence-electron chi connectivity index (χ3n) is 4.42. The van der Waals surface area contributed by atoms with Crippen molar-refractivity contribution in [2.24, 2.45) is 10.3 Å². The number of nitrogens with one attached hydrogen (secondary N) is 1. The predicted molar refractivity (Wildman–Crippen MR) is 107 cm³/mol. The lowest BCUT2D eigenvalue weighted by Crippen LogP contribution is -2.29. The highest BCUT2D eigenvalue weighted by molar-refractivity contribution is 6.45. The molecule has 0 bridgehead atoms. The van der Waals surface area contributed by atoms with Gasteiger partial charge in [-0.05, 0) is 25.5 Å². The first-order valence-corrected chi connectivity index (χ1v) is 9.16. The normalized spacial score (nSPS) is 12.5. The first kappa shape index (κ1) is 24.8. The molecule has 0 atom stereocenters. The quantitative estimate of drug-likeness (QED) is 0.382. The summed E-state index contributed by atoms with van der Waals surface area (Å²) < 4.78 is 67.2. The standard InChI is InChI=1S/C21H20F5N3O3/c1-11-6-5-7-14(19(29-31-4)20(30)27-3)15(11)10-32-28-12(2)18-16(21(24,25)26)8-13(22)9-17(18)23/h5-9H,10H2,1-4H3,(H,27,30)/b28-12+,29-19+. The first-order chi connectivity index (χ1) is 15.0. The molecule has 2 aromatic carbocycles. The van der Waals surface area contributed by atoms with Crippen molar-refractivity contribution in [3.05, 3.63) is 69.8 Å². The number of aryl methyl sites for hydroxylation is 1. The molecule has 0 radical (unpaired) electrons. The third kappa shape index (κ3) is 5.59. The number of hydrogen-bond donors (Lipinski definition) is 1. The number of hydrogen-bond acceptors (Lipinski definition) is 5. The van der Waals surface area contributed by atoms with Gasteiger partial charge >= 0.3 is 6.18 Å². The topological polar surface area (TPSA) is 72.3 Å². The molecule has 0 saturated carbocycles. The average Bonchev–Trinajstić information content (AvgIpc) is 2.71. The number of carbonyl (C=O) groups is 1. The maximum atomic E-state index is 14.1. The summed E-state index contributed by atoms with van der Waals surface area (Å²) in [6.07, 6.45) is -5.00. The van der Waals surface area contributed by atoms with E-state index in [1.807, 2.05) is 0 Å². The first-order valence-electron chi connectivity index (χ1n) is 9.16. The van der Waals surface area contributed by atoms with Gasteiger partial charge in [0.25, 0.3) is 5.91 Å². The van der Waals surface area contributed by atoms with Crippen molar-refractivity contribution < 1.29 is 36.4 Å². The van der Waals surface area contributed by atoms with Gasteiger partial charge in [-0.2, -0.15) is 13.2 Å². The van der Waals surface area contributed by atoms with Crippen LogP contribution in [0.1, 0.15) is 34.7 Å². The van der Waals surface area contributed by atoms with E-state index in [4.69, 9.17) is 9.68 Å². The Morgan fingerprint density at radius 3 is 2.44 bits per heavy atom. The van der Waals surface area contributed by atoms with Gasteiger partial charge in [-0.3, -0.25) is 4.79 Å². The van der Waals surface area contributed by atoms with Crippen LogP contribution >= 0.6 is 0 Å². The van der Waals surface area contributed by atoms with Gasteiger partial charge in [0, 0.05) is 29.8 Å². The Balaban J connectivity index is 2.41. The van der Waals surface area contributed by atoms with Crippen LogP contribution in [0.3, 0.4) is 0 Å². The van der Waals surface area contributed by atoms with Crippen molar-refractivity contribution in [2.45, 2.75) is 26.6 Å². The molecule has 0 unspecified atom stereocenters. The Morgan fingerprint density at radius 1 is 1.16 bits per heavy atom. The van der Waals surface area contributed by atoms with Crippen molar-refractivity contribution in [3.63, 3.8) is 0 Å². The molecule has 0 aliphatic carbocycles. The number of nitrogens with zero attached hydrogens (tertiary/aromatic N) is 2. The van der Waals surface area contributed by atoms with Crippen molar-refractivity contribution in [1.82, 2.24) is 5.32 Å². The number of alkyl halides is 3. The maximum absolute atomic E-state index is 14.1. The van der Waals surface area contributed by atoms with Gasteiger partial charge in [0.15, 0.2) is 5.71 Å². The second kappa shape index (κ2) is 10.2. The van der Waals surface area contributed by atoms with E-state index in [2.05, 4.69) is 15.6 Å². The average molecular weight is 457 g/mol. The maximum Gasteiger partial charge on any atom is 0.417 e. The molecule has 0 spiro atoms. The van der Waals surface area contributed by atoms with Crippen LogP contribution in [0.15, 0.2) is 40.6 Å². The van der Waals surface area contributed by atoms with E-state index in [9.17, 15) is 26.7 Å². The largest absolute Gasteiger partial charge is 0.417 e. The van der Waals surface area contributed by atoms with E-state index < -0.39 is 40.6 Å². The minimum atomic E-state index is -5.00. The summed E-state index contributed by atoms with van der Waals surface area (Å²) in [6, 6.07) is 5.49. The number of rotatable bonds is 7. The number of oxime groups is 2. The van der Waals surface area contributed by atoms with E-state index in [-0.39, 0.29) is 18.4 Å². The van der Waals surface area contributed by atoms with Crippen LogP contribution in [-0.2, 0) is 27.3 Å². The minimum Gasteiger partial charge on any atom is -0.398 e. The summed E-state index contributed by atoms with van der Waals surface area (Å²) in [7, 11) is 2.67. The van der Waals surface area contributed by atoms with E-state index in [1.54, 1.807) is 25.1 Å². The van der Waals surface area contributed by atoms with Crippen molar-refractivity contribution in [1.29, 1.82) is 0 Å². The lowest BCUT2D eigenvalue weighted by Gasteiger charge is -2.15. The Kier molecular flexibility index (Phi) is 7.90. The van der Waals surface area contributed by atoms with Crippen LogP contribution in [0.2, 0.25) is 0 Å². The fourth-order valence-electron chi connectivity index (χ4n) is 2.94. The van der Waals surface area contributed by atoms with Gasteiger partial charge < -0.3 is 15.0 Å². The van der Waals surface area contributed by atoms with Crippen LogP contribution in [0, 0.1) is 18.6 Å². The monoisotopic (exact) mass is 457 g/mol. The molecule has 0 aliphatic heterocycles. The lowest BCUT2D eigenvalue weighted by molar-refractivity contribution is -0.138. The summed E-state index contributed by atoms with van der Waals surface area (Å²) in [6.45, 7) is 2.55. The molecule has 2 aromatic rings. The van der Waals surface area contributed by atoms with Crippen molar-refractivity contribution >= 4 is 17.3 Å². The summed E-state index contributed by atoms with van der Waals surface area (Å²) in [5, 5.41) is 9.73. The van der Waals surface area contributed by atoms with Gasteiger partial charge in [0.1, 0.15) is 25.4 Å². The van der Waals surface area contributed by atoms with E-state index >= 15 is 0 Å². The highest BCUT2D eigenvalue weighted by Gasteiger charge is 2.36. The molecule has 0 heterocycles. The summed E-state index contributed by atoms with van der Waals surface area (Å²) in [5.74, 6) is -3.33. The van der Waals surface area contributed by atoms with Gasteiger partial charge in [0.2, 0.25) is 0 Å². The number of benzene rings is 2. The molecule has 32 heavy (non-hydrogen) atoms. The Bertz CT molecular complexity index is 1070. The molecule has 11 heteroatoms. The highest BCUT2D eigenvalue weighted by Crippen LogP contribution is 2.34. The Hall–Kier alpha value is -3.50. The van der Waals surface area contributed by atoms with Gasteiger partial charge in [-0.1, -0.05) is 28.5 Å². The smallest absolute Gasteiger partial charge is 0.398 e. The molecule has 172 valence electrons. The molecule has 0 aromatic heterocycles. The number of likely N-dealkylation sites (N-methyl/N-ethyl adjacent to an activating group) is 1. The zero-order valence-corrected chi connectivity index (χ0v) is 17.6. The predicted octanol–water partition coefficient (Wildman–Crippen LogP) is 4.33. The van der Waals surface area contributed by atoms with Crippen LogP contribution in [0.4, 0.5) is 22.0 Å². The third-order valence-corrected chi connectivity index (χ3v) is 4.42. The summed E-state index contributed by atoms with van der Waals surface area (Å²) in [4.78, 5) is 22.1. The van der Waals surface area contributed by atoms with Gasteiger partial charge in [-0.15, -0.1) is 0 Å². The number of amides is 1. The van der Waals surface area contributed by atoms with E-state index in [0.29, 0.717) is 22.8 Å². The zero-order chi connectivity index (χ0) is 24.1. The SMILES string of the molecule is CNC(=O)/C(=N/OC)c1cccc(C)c1CO/N=C(\C)c1c(F)cc(F)cc1C(F)(F)F. The van der Waals surface area contributed by atoms with E-state index in [1.165, 1.54) is 14.2 Å². The number of carbonyl (C=O) groups excluding carboxylic acids is 1. The van der Waals surface area contributed by atoms with E-state index in [0.717, 1.165) is 6.92 Å². The molecule has 0 fully saturated rings. The van der Waals surface area contributed by atoms with Gasteiger partial charge in [-0.25, -0.2) is 8.78 Å². The molecule has 1 amide bonds. The fourth-order valence-corrected chi connectivity index (χ4v) is 2.94. The fraction of sp³-hybridized carbons (Fsp3) is 0.286. The van der Waals surface area contributed by atoms with Crippen LogP contribution < -0.4 is 5.32 Å². The van der Waals surface area contributed by atoms with Crippen LogP contribution in [0.5, 0.6) is 0 Å². The molecule has 2 rings (SSSR count). The molecule has 0 aliphatic rings. The van der Waals surface area contributed by atoms with Crippen LogP contribution in [-0.4, -0.2) is 31.5 Å². The number of halogens is 5. The van der Waals surface area contributed by atoms with Crippen LogP contribution in [0.25, 0.3) is 0 Å². The molecule has 6 nitrogen and oxygen atoms in total. The summed E-state index contributed by atoms with van der Waals surface area (Å²) in [5.41, 5.74) is -1.44. The Labute approximate surface area is 180 Å². The highest BCUT2D eigenvalue weighted by atomic mass is 19.4. The van der Waals surface area contributed by atoms with Gasteiger partial charge in [0.05, 0.1) is 11.3 Å². The van der Waals surface area contributed by atoms with Crippen molar-refractivity contribution in [3.8, 4) is 0 Å². The lowest BCUT2D eigenvalue weighted by atomic mass is 9.98.